The van der Waals surface area contributed by atoms with Crippen LogP contribution in [-0.4, -0.2) is 23.5 Å². The second-order valence-electron chi connectivity index (χ2n) is 5.47. The molecule has 0 radical (unpaired) electrons. The smallest absolute Gasteiger partial charge is 0.313 e. The maximum absolute atomic E-state index is 11.8. The molecule has 2 aromatic heterocycles. The Morgan fingerprint density at radius 3 is 1.56 bits per heavy atom. The van der Waals surface area contributed by atoms with Crippen molar-refractivity contribution in [2.45, 2.75) is 39.5 Å². The number of Topliss-reactive ketones (excluding diaryl/α,β-unsaturated/α-hetero) is 2. The molecule has 0 atom stereocenters. The van der Waals surface area contributed by atoms with E-state index in [0.29, 0.717) is 24.0 Å². The number of carbonyl (C=O) groups excluding carboxylic acids is 4. The number of ketones is 2. The lowest BCUT2D eigenvalue weighted by atomic mass is 10.1. The molecule has 132 valence electrons. The number of hydrogen-bond donors (Lipinski definition) is 0. The van der Waals surface area contributed by atoms with Crippen LogP contribution in [0.4, 0.5) is 0 Å². The van der Waals surface area contributed by atoms with Gasteiger partial charge in [-0.2, -0.15) is 0 Å². The zero-order valence-corrected chi connectivity index (χ0v) is 15.6. The molecule has 0 saturated heterocycles. The second kappa shape index (κ2) is 8.82. The van der Waals surface area contributed by atoms with Gasteiger partial charge in [0.15, 0.2) is 11.6 Å². The van der Waals surface area contributed by atoms with Gasteiger partial charge in [-0.25, -0.2) is 0 Å². The van der Waals surface area contributed by atoms with E-state index in [1.165, 1.54) is 36.5 Å². The van der Waals surface area contributed by atoms with Crippen molar-refractivity contribution in [3.05, 3.63) is 43.8 Å². The predicted octanol–water partition coefficient (Wildman–Crippen LogP) is 3.85. The van der Waals surface area contributed by atoms with E-state index >= 15 is 0 Å². The third-order valence-corrected chi connectivity index (χ3v) is 5.55. The quantitative estimate of drug-likeness (QED) is 0.396. The molecule has 0 bridgehead atoms. The first-order valence-electron chi connectivity index (χ1n) is 7.76. The fourth-order valence-electron chi connectivity index (χ4n) is 2.36. The molecule has 0 unspecified atom stereocenters. The molecule has 5 nitrogen and oxygen atoms in total. The molecule has 0 spiro atoms. The van der Waals surface area contributed by atoms with E-state index in [9.17, 15) is 19.2 Å². The van der Waals surface area contributed by atoms with Crippen molar-refractivity contribution < 1.29 is 23.9 Å². The molecule has 0 fully saturated rings. The Bertz CT molecular complexity index is 734. The summed E-state index contributed by atoms with van der Waals surface area (Å²) in [5, 5.41) is 3.60. The van der Waals surface area contributed by atoms with Gasteiger partial charge in [-0.05, 0) is 49.6 Å². The molecular formula is C18H18O5S2. The normalized spacial score (nSPS) is 10.5. The number of thiophene rings is 2. The molecule has 0 aliphatic heterocycles. The third-order valence-electron chi connectivity index (χ3n) is 3.59. The summed E-state index contributed by atoms with van der Waals surface area (Å²) >= 11 is 2.81. The van der Waals surface area contributed by atoms with Crippen LogP contribution in [0.5, 0.6) is 0 Å². The van der Waals surface area contributed by atoms with Crippen LogP contribution in [0, 0.1) is 0 Å². The standard InChI is InChI=1S/C18H18O5S2/c1-11(19)13-7-9-24-15(13)3-5-17(21)23-18(22)6-4-16-14(12(2)20)8-10-25-16/h7-10H,3-6H2,1-2H3. The minimum absolute atomic E-state index is 0.0436. The van der Waals surface area contributed by atoms with Crippen LogP contribution in [0.2, 0.25) is 0 Å². The highest BCUT2D eigenvalue weighted by Gasteiger charge is 2.16. The number of rotatable bonds is 8. The van der Waals surface area contributed by atoms with Crippen molar-refractivity contribution in [1.82, 2.24) is 0 Å². The summed E-state index contributed by atoms with van der Waals surface area (Å²) in [5.41, 5.74) is 1.22. The Morgan fingerprint density at radius 1 is 0.800 bits per heavy atom. The average Bonchev–Trinajstić information content (AvgIpc) is 3.19. The zero-order chi connectivity index (χ0) is 18.4. The molecule has 2 heterocycles. The van der Waals surface area contributed by atoms with Crippen LogP contribution in [-0.2, 0) is 27.2 Å². The van der Waals surface area contributed by atoms with Gasteiger partial charge in [-0.3, -0.25) is 19.2 Å². The maximum Gasteiger partial charge on any atom is 0.313 e. The van der Waals surface area contributed by atoms with E-state index in [2.05, 4.69) is 0 Å². The van der Waals surface area contributed by atoms with Crippen LogP contribution in [0.3, 0.4) is 0 Å². The third kappa shape index (κ3) is 5.44. The lowest BCUT2D eigenvalue weighted by molar-refractivity contribution is -0.159. The zero-order valence-electron chi connectivity index (χ0n) is 14.0. The van der Waals surface area contributed by atoms with E-state index in [1.54, 1.807) is 22.9 Å². The highest BCUT2D eigenvalue weighted by Crippen LogP contribution is 2.20. The molecule has 2 rings (SSSR count). The molecule has 0 aliphatic rings. The first kappa shape index (κ1) is 19.2. The predicted molar refractivity (Wildman–Crippen MR) is 96.4 cm³/mol. The lowest BCUT2D eigenvalue weighted by Gasteiger charge is -2.04. The van der Waals surface area contributed by atoms with Crippen molar-refractivity contribution in [1.29, 1.82) is 0 Å². The molecular weight excluding hydrogens is 360 g/mol. The molecule has 0 amide bonds. The van der Waals surface area contributed by atoms with Crippen molar-refractivity contribution in [2.24, 2.45) is 0 Å². The summed E-state index contributed by atoms with van der Waals surface area (Å²) in [6, 6.07) is 3.46. The van der Waals surface area contributed by atoms with Crippen LogP contribution in [0.1, 0.15) is 57.2 Å². The average molecular weight is 378 g/mol. The molecule has 0 aromatic carbocycles. The molecule has 0 aliphatic carbocycles. The fraction of sp³-hybridized carbons (Fsp3) is 0.333. The van der Waals surface area contributed by atoms with Crippen LogP contribution >= 0.6 is 22.7 Å². The van der Waals surface area contributed by atoms with Crippen LogP contribution in [0.25, 0.3) is 0 Å². The van der Waals surface area contributed by atoms with Gasteiger partial charge in [0.05, 0.1) is 12.8 Å². The Morgan fingerprint density at radius 2 is 1.20 bits per heavy atom. The summed E-state index contributed by atoms with van der Waals surface area (Å²) in [6.07, 6.45) is 0.838. The van der Waals surface area contributed by atoms with Gasteiger partial charge in [0.2, 0.25) is 0 Å². The van der Waals surface area contributed by atoms with E-state index < -0.39 is 11.9 Å². The Balaban J connectivity index is 1.79. The number of carbonyl (C=O) groups is 4. The second-order valence-corrected chi connectivity index (χ2v) is 7.47. The van der Waals surface area contributed by atoms with E-state index in [0.717, 1.165) is 9.75 Å². The highest BCUT2D eigenvalue weighted by atomic mass is 32.1. The number of hydrogen-bond acceptors (Lipinski definition) is 7. The molecule has 7 heteroatoms. The van der Waals surface area contributed by atoms with Gasteiger partial charge in [-0.1, -0.05) is 0 Å². The van der Waals surface area contributed by atoms with Crippen LogP contribution in [0.15, 0.2) is 22.9 Å². The van der Waals surface area contributed by atoms with Crippen molar-refractivity contribution in [3.8, 4) is 0 Å². The summed E-state index contributed by atoms with van der Waals surface area (Å²) in [4.78, 5) is 48.1. The molecule has 2 aromatic rings. The molecule has 0 saturated carbocycles. The van der Waals surface area contributed by atoms with E-state index in [1.807, 2.05) is 0 Å². The van der Waals surface area contributed by atoms with Crippen molar-refractivity contribution in [2.75, 3.05) is 0 Å². The minimum Gasteiger partial charge on any atom is -0.393 e. The first-order chi connectivity index (χ1) is 11.9. The summed E-state index contributed by atoms with van der Waals surface area (Å²) in [6.45, 7) is 2.96. The lowest BCUT2D eigenvalue weighted by Crippen LogP contribution is -2.14. The Labute approximate surface area is 153 Å². The van der Waals surface area contributed by atoms with Gasteiger partial charge in [0.1, 0.15) is 0 Å². The fourth-order valence-corrected chi connectivity index (χ4v) is 4.21. The first-order valence-corrected chi connectivity index (χ1v) is 9.52. The van der Waals surface area contributed by atoms with Gasteiger partial charge >= 0.3 is 11.9 Å². The minimum atomic E-state index is -0.606. The van der Waals surface area contributed by atoms with Gasteiger partial charge in [0, 0.05) is 20.9 Å². The largest absolute Gasteiger partial charge is 0.393 e. The van der Waals surface area contributed by atoms with Gasteiger partial charge < -0.3 is 4.74 Å². The summed E-state index contributed by atoms with van der Waals surface area (Å²) in [7, 11) is 0. The number of aryl methyl sites for hydroxylation is 2. The summed E-state index contributed by atoms with van der Waals surface area (Å²) in [5.74, 6) is -1.30. The number of esters is 2. The van der Waals surface area contributed by atoms with E-state index in [-0.39, 0.29) is 24.4 Å². The SMILES string of the molecule is CC(=O)c1ccsc1CCC(=O)OC(=O)CCc1sccc1C(C)=O. The highest BCUT2D eigenvalue weighted by molar-refractivity contribution is 7.10. The van der Waals surface area contributed by atoms with Crippen LogP contribution < -0.4 is 0 Å². The van der Waals surface area contributed by atoms with Crippen molar-refractivity contribution >= 4 is 46.2 Å². The van der Waals surface area contributed by atoms with Gasteiger partial charge in [-0.15, -0.1) is 22.7 Å². The molecule has 25 heavy (non-hydrogen) atoms. The topological polar surface area (TPSA) is 77.5 Å². The van der Waals surface area contributed by atoms with Gasteiger partial charge in [0.25, 0.3) is 0 Å². The Kier molecular flexibility index (Phi) is 6.78. The summed E-state index contributed by atoms with van der Waals surface area (Å²) < 4.78 is 4.81. The maximum atomic E-state index is 11.8. The monoisotopic (exact) mass is 378 g/mol. The van der Waals surface area contributed by atoms with Crippen molar-refractivity contribution in [3.63, 3.8) is 0 Å². The van der Waals surface area contributed by atoms with E-state index in [4.69, 9.17) is 4.74 Å². The number of ether oxygens (including phenoxy) is 1. The Hall–Kier alpha value is -2.12. The molecule has 0 N–H and O–H groups in total.